The Morgan fingerprint density at radius 1 is 0.833 bits per heavy atom. The molecule has 7 heteroatoms. The number of nitrogens with zero attached hydrogens (tertiary/aromatic N) is 5. The van der Waals surface area contributed by atoms with Gasteiger partial charge in [-0.05, 0) is 24.6 Å². The summed E-state index contributed by atoms with van der Waals surface area (Å²) < 4.78 is 0. The number of rotatable bonds is 1. The van der Waals surface area contributed by atoms with Crippen LogP contribution in [-0.2, 0) is 0 Å². The van der Waals surface area contributed by atoms with Crippen molar-refractivity contribution in [1.82, 2.24) is 0 Å². The van der Waals surface area contributed by atoms with Gasteiger partial charge in [0.2, 0.25) is 0 Å². The first-order valence-electron chi connectivity index (χ1n) is 6.47. The van der Waals surface area contributed by atoms with Crippen LogP contribution in [0.4, 0.5) is 5.69 Å². The highest BCUT2D eigenvalue weighted by Crippen LogP contribution is 2.20. The highest BCUT2D eigenvalue weighted by Gasteiger charge is 2.16. The van der Waals surface area contributed by atoms with E-state index in [1.165, 1.54) is 18.2 Å². The van der Waals surface area contributed by atoms with E-state index in [9.17, 15) is 10.1 Å². The van der Waals surface area contributed by atoms with E-state index in [-0.39, 0.29) is 16.8 Å². The van der Waals surface area contributed by atoms with E-state index in [4.69, 9.17) is 21.0 Å². The number of nitro groups is 1. The standard InChI is InChI=1S/C9H6N2.C8H3N3O2/c1-7-3-2-4-8(5-10)9(7)6-11;9-4-6-2-1-3-8(11(12)13)7(6)5-10/h2-4H,1H3;1-3H. The first-order valence-corrected chi connectivity index (χ1v) is 6.47. The third-order valence-electron chi connectivity index (χ3n) is 2.98. The predicted molar refractivity (Wildman–Crippen MR) is 83.1 cm³/mol. The minimum atomic E-state index is -0.681. The van der Waals surface area contributed by atoms with Gasteiger partial charge in [-0.3, -0.25) is 10.1 Å². The van der Waals surface area contributed by atoms with Crippen LogP contribution >= 0.6 is 0 Å². The van der Waals surface area contributed by atoms with E-state index in [1.807, 2.05) is 25.1 Å². The predicted octanol–water partition coefficient (Wildman–Crippen LogP) is 3.08. The maximum Gasteiger partial charge on any atom is 0.288 e. The molecule has 0 amide bonds. The summed E-state index contributed by atoms with van der Waals surface area (Å²) in [6, 6.07) is 16.5. The lowest BCUT2D eigenvalue weighted by Crippen LogP contribution is -1.94. The average Bonchev–Trinajstić information content (AvgIpc) is 2.60. The second kappa shape index (κ2) is 8.29. The fourth-order valence-electron chi connectivity index (χ4n) is 1.81. The fourth-order valence-corrected chi connectivity index (χ4v) is 1.81. The van der Waals surface area contributed by atoms with Crippen LogP contribution in [0.3, 0.4) is 0 Å². The first kappa shape index (κ1) is 17.9. The van der Waals surface area contributed by atoms with Crippen LogP contribution in [0.2, 0.25) is 0 Å². The Hall–Kier alpha value is -4.20. The summed E-state index contributed by atoms with van der Waals surface area (Å²) in [6.07, 6.45) is 0. The smallest absolute Gasteiger partial charge is 0.258 e. The molecule has 2 aromatic rings. The molecule has 0 aliphatic heterocycles. The average molecular weight is 315 g/mol. The fraction of sp³-hybridized carbons (Fsp3) is 0.0588. The summed E-state index contributed by atoms with van der Waals surface area (Å²) in [7, 11) is 0. The molecule has 0 atom stereocenters. The van der Waals surface area contributed by atoms with Gasteiger partial charge in [0.1, 0.15) is 29.8 Å². The quantitative estimate of drug-likeness (QED) is 0.585. The highest BCUT2D eigenvalue weighted by atomic mass is 16.6. The van der Waals surface area contributed by atoms with Crippen molar-refractivity contribution >= 4 is 5.69 Å². The molecule has 0 radical (unpaired) electrons. The molecule has 7 nitrogen and oxygen atoms in total. The van der Waals surface area contributed by atoms with Gasteiger partial charge in [-0.1, -0.05) is 18.2 Å². The van der Waals surface area contributed by atoms with Gasteiger partial charge in [-0.2, -0.15) is 21.0 Å². The van der Waals surface area contributed by atoms with Crippen molar-refractivity contribution in [2.75, 3.05) is 0 Å². The van der Waals surface area contributed by atoms with Crippen molar-refractivity contribution in [1.29, 1.82) is 21.0 Å². The number of benzene rings is 2. The van der Waals surface area contributed by atoms with Gasteiger partial charge in [0.05, 0.1) is 21.6 Å². The van der Waals surface area contributed by atoms with Crippen LogP contribution in [0.1, 0.15) is 27.8 Å². The summed E-state index contributed by atoms with van der Waals surface area (Å²) in [4.78, 5) is 9.71. The first-order chi connectivity index (χ1) is 11.5. The van der Waals surface area contributed by atoms with Crippen molar-refractivity contribution < 1.29 is 4.92 Å². The Kier molecular flexibility index (Phi) is 6.17. The van der Waals surface area contributed by atoms with E-state index in [2.05, 4.69) is 0 Å². The third kappa shape index (κ3) is 3.92. The van der Waals surface area contributed by atoms with Crippen LogP contribution < -0.4 is 0 Å². The monoisotopic (exact) mass is 315 g/mol. The number of nitriles is 4. The maximum atomic E-state index is 10.4. The van der Waals surface area contributed by atoms with Crippen LogP contribution in [0, 0.1) is 62.4 Å². The zero-order valence-corrected chi connectivity index (χ0v) is 12.5. The van der Waals surface area contributed by atoms with E-state index in [1.54, 1.807) is 24.3 Å². The Labute approximate surface area is 138 Å². The number of aryl methyl sites for hydroxylation is 1. The molecule has 24 heavy (non-hydrogen) atoms. The molecule has 0 fully saturated rings. The summed E-state index contributed by atoms with van der Waals surface area (Å²) in [6.45, 7) is 1.82. The lowest BCUT2D eigenvalue weighted by atomic mass is 10.0. The lowest BCUT2D eigenvalue weighted by Gasteiger charge is -1.96. The Bertz CT molecular complexity index is 953. The largest absolute Gasteiger partial charge is 0.288 e. The molecule has 114 valence electrons. The van der Waals surface area contributed by atoms with Crippen LogP contribution in [0.5, 0.6) is 0 Å². The van der Waals surface area contributed by atoms with Gasteiger partial charge in [0.25, 0.3) is 5.69 Å². The minimum absolute atomic E-state index is 0.0247. The van der Waals surface area contributed by atoms with Gasteiger partial charge in [0.15, 0.2) is 0 Å². The van der Waals surface area contributed by atoms with Gasteiger partial charge >= 0.3 is 0 Å². The molecule has 0 heterocycles. The van der Waals surface area contributed by atoms with E-state index in [0.29, 0.717) is 11.1 Å². The molecular weight excluding hydrogens is 306 g/mol. The van der Waals surface area contributed by atoms with Crippen molar-refractivity contribution in [2.45, 2.75) is 6.92 Å². The zero-order chi connectivity index (χ0) is 18.1. The molecular formula is C17H9N5O2. The molecule has 2 aromatic carbocycles. The Morgan fingerprint density at radius 3 is 1.75 bits per heavy atom. The summed E-state index contributed by atoms with van der Waals surface area (Å²) in [5.41, 5.74) is 1.29. The minimum Gasteiger partial charge on any atom is -0.258 e. The van der Waals surface area contributed by atoms with Gasteiger partial charge in [-0.15, -0.1) is 0 Å². The molecule has 0 bridgehead atoms. The molecule has 0 unspecified atom stereocenters. The van der Waals surface area contributed by atoms with E-state index in [0.717, 1.165) is 5.56 Å². The second-order valence-corrected chi connectivity index (χ2v) is 4.40. The Morgan fingerprint density at radius 2 is 1.33 bits per heavy atom. The third-order valence-corrected chi connectivity index (χ3v) is 2.98. The highest BCUT2D eigenvalue weighted by molar-refractivity contribution is 5.57. The zero-order valence-electron chi connectivity index (χ0n) is 12.5. The molecule has 2 rings (SSSR count). The van der Waals surface area contributed by atoms with Gasteiger partial charge in [0, 0.05) is 6.07 Å². The molecule has 0 aliphatic carbocycles. The van der Waals surface area contributed by atoms with Crippen molar-refractivity contribution in [3.8, 4) is 24.3 Å². The van der Waals surface area contributed by atoms with Crippen LogP contribution in [0.15, 0.2) is 36.4 Å². The summed E-state index contributed by atoms with van der Waals surface area (Å²) >= 11 is 0. The van der Waals surface area contributed by atoms with Gasteiger partial charge in [-0.25, -0.2) is 0 Å². The van der Waals surface area contributed by atoms with E-state index >= 15 is 0 Å². The van der Waals surface area contributed by atoms with Crippen LogP contribution in [0.25, 0.3) is 0 Å². The lowest BCUT2D eigenvalue weighted by molar-refractivity contribution is -0.385. The second-order valence-electron chi connectivity index (χ2n) is 4.40. The normalized spacial score (nSPS) is 8.38. The summed E-state index contributed by atoms with van der Waals surface area (Å²) in [5, 5.41) is 44.7. The maximum absolute atomic E-state index is 10.4. The molecule has 0 aliphatic rings. The molecule has 0 saturated heterocycles. The molecule has 0 spiro atoms. The SMILES string of the molecule is Cc1cccc(C#N)c1C#N.N#Cc1cccc([N+](=O)[O-])c1C#N. The topological polar surface area (TPSA) is 138 Å². The summed E-state index contributed by atoms with van der Waals surface area (Å²) in [5.74, 6) is 0. The number of hydrogen-bond donors (Lipinski definition) is 0. The van der Waals surface area contributed by atoms with Crippen molar-refractivity contribution in [3.63, 3.8) is 0 Å². The van der Waals surface area contributed by atoms with E-state index < -0.39 is 4.92 Å². The molecule has 0 aromatic heterocycles. The van der Waals surface area contributed by atoms with Crippen LogP contribution in [-0.4, -0.2) is 4.92 Å². The van der Waals surface area contributed by atoms with Crippen molar-refractivity contribution in [2.24, 2.45) is 0 Å². The Balaban J connectivity index is 0.000000243. The van der Waals surface area contributed by atoms with Crippen molar-refractivity contribution in [3.05, 3.63) is 74.3 Å². The number of hydrogen-bond acceptors (Lipinski definition) is 6. The number of nitro benzene ring substituents is 1. The van der Waals surface area contributed by atoms with Gasteiger partial charge < -0.3 is 0 Å². The molecule has 0 N–H and O–H groups in total. The molecule has 0 saturated carbocycles.